The minimum absolute atomic E-state index is 0.0334. The van der Waals surface area contributed by atoms with Crippen LogP contribution in [0.25, 0.3) is 11.3 Å². The van der Waals surface area contributed by atoms with E-state index in [9.17, 15) is 0 Å². The van der Waals surface area contributed by atoms with Gasteiger partial charge in [0.15, 0.2) is 0 Å². The first-order valence-electron chi connectivity index (χ1n) is 4.87. The molecule has 2 rings (SSSR count). The summed E-state index contributed by atoms with van der Waals surface area (Å²) >= 11 is 5.82. The molecule has 2 aromatic rings. The molecular weight excluding hydrogens is 208 g/mol. The van der Waals surface area contributed by atoms with Gasteiger partial charge in [-0.2, -0.15) is 0 Å². The molecular formula is C12H13ClN2. The fraction of sp³-hybridized carbons (Fsp3) is 0.167. The Morgan fingerprint density at radius 3 is 2.33 bits per heavy atom. The Labute approximate surface area is 94.1 Å². The van der Waals surface area contributed by atoms with Crippen LogP contribution in [0.2, 0.25) is 5.02 Å². The number of hydrogen-bond acceptors (Lipinski definition) is 1. The fourth-order valence-electron chi connectivity index (χ4n) is 1.48. The maximum atomic E-state index is 5.82. The fourth-order valence-corrected chi connectivity index (χ4v) is 1.60. The van der Waals surface area contributed by atoms with Gasteiger partial charge in [-0.3, -0.25) is 0 Å². The molecule has 0 saturated carbocycles. The van der Waals surface area contributed by atoms with Crippen molar-refractivity contribution in [2.75, 3.05) is 0 Å². The van der Waals surface area contributed by atoms with Gasteiger partial charge in [-0.05, 0) is 36.8 Å². The lowest BCUT2D eigenvalue weighted by Gasteiger charge is -2.01. The third-order valence-electron chi connectivity index (χ3n) is 2.35. The third kappa shape index (κ3) is 2.22. The van der Waals surface area contributed by atoms with Crippen LogP contribution in [0.5, 0.6) is 0 Å². The van der Waals surface area contributed by atoms with E-state index in [-0.39, 0.29) is 6.04 Å². The maximum Gasteiger partial charge on any atom is 0.0456 e. The minimum atomic E-state index is 0.0334. The van der Waals surface area contributed by atoms with Crippen molar-refractivity contribution in [3.63, 3.8) is 0 Å². The third-order valence-corrected chi connectivity index (χ3v) is 2.61. The van der Waals surface area contributed by atoms with Crippen molar-refractivity contribution in [2.45, 2.75) is 13.0 Å². The number of H-pyrrole nitrogens is 1. The van der Waals surface area contributed by atoms with Gasteiger partial charge < -0.3 is 10.7 Å². The zero-order chi connectivity index (χ0) is 10.8. The van der Waals surface area contributed by atoms with Gasteiger partial charge in [-0.25, -0.2) is 0 Å². The molecule has 2 nitrogen and oxygen atoms in total. The van der Waals surface area contributed by atoms with Crippen LogP contribution < -0.4 is 5.73 Å². The van der Waals surface area contributed by atoms with Crippen LogP contribution in [-0.4, -0.2) is 4.98 Å². The second-order valence-corrected chi connectivity index (χ2v) is 4.06. The van der Waals surface area contributed by atoms with Gasteiger partial charge in [-0.15, -0.1) is 0 Å². The minimum Gasteiger partial charge on any atom is -0.357 e. The van der Waals surface area contributed by atoms with Crippen molar-refractivity contribution in [3.05, 3.63) is 47.1 Å². The van der Waals surface area contributed by atoms with E-state index in [2.05, 4.69) is 4.98 Å². The van der Waals surface area contributed by atoms with E-state index in [1.807, 2.05) is 43.3 Å². The van der Waals surface area contributed by atoms with Crippen molar-refractivity contribution in [1.82, 2.24) is 4.98 Å². The number of hydrogen-bond donors (Lipinski definition) is 2. The Bertz CT molecular complexity index is 443. The Balaban J connectivity index is 2.33. The predicted octanol–water partition coefficient (Wildman–Crippen LogP) is 3.35. The van der Waals surface area contributed by atoms with E-state index in [4.69, 9.17) is 17.3 Å². The van der Waals surface area contributed by atoms with E-state index in [1.165, 1.54) is 0 Å². The van der Waals surface area contributed by atoms with Gasteiger partial charge in [0.25, 0.3) is 0 Å². The van der Waals surface area contributed by atoms with E-state index >= 15 is 0 Å². The Morgan fingerprint density at radius 1 is 1.13 bits per heavy atom. The molecule has 0 aliphatic rings. The monoisotopic (exact) mass is 220 g/mol. The van der Waals surface area contributed by atoms with Crippen LogP contribution in [-0.2, 0) is 0 Å². The number of halogens is 1. The van der Waals surface area contributed by atoms with Crippen LogP contribution >= 0.6 is 11.6 Å². The van der Waals surface area contributed by atoms with Gasteiger partial charge in [0.1, 0.15) is 0 Å². The molecule has 0 aliphatic heterocycles. The number of rotatable bonds is 2. The highest BCUT2D eigenvalue weighted by Gasteiger charge is 2.04. The van der Waals surface area contributed by atoms with Crippen LogP contribution in [0.3, 0.4) is 0 Å². The summed E-state index contributed by atoms with van der Waals surface area (Å²) in [5, 5.41) is 0.748. The molecule has 0 saturated heterocycles. The van der Waals surface area contributed by atoms with E-state index in [0.29, 0.717) is 0 Å². The summed E-state index contributed by atoms with van der Waals surface area (Å²) in [6, 6.07) is 11.8. The molecule has 3 N–H and O–H groups in total. The number of nitrogens with one attached hydrogen (secondary N) is 1. The zero-order valence-corrected chi connectivity index (χ0v) is 9.25. The van der Waals surface area contributed by atoms with E-state index in [0.717, 1.165) is 22.0 Å². The molecule has 0 amide bonds. The average Bonchev–Trinajstić information content (AvgIpc) is 2.68. The molecule has 0 unspecified atom stereocenters. The molecule has 78 valence electrons. The molecule has 0 fully saturated rings. The molecule has 0 spiro atoms. The molecule has 1 heterocycles. The number of nitrogens with two attached hydrogens (primary N) is 1. The van der Waals surface area contributed by atoms with Gasteiger partial charge >= 0.3 is 0 Å². The first-order chi connectivity index (χ1) is 7.16. The number of aromatic amines is 1. The Morgan fingerprint density at radius 2 is 1.80 bits per heavy atom. The molecule has 0 aliphatic carbocycles. The smallest absolute Gasteiger partial charge is 0.0456 e. The molecule has 1 atom stereocenters. The summed E-state index contributed by atoms with van der Waals surface area (Å²) in [5.74, 6) is 0. The molecule has 0 radical (unpaired) electrons. The summed E-state index contributed by atoms with van der Waals surface area (Å²) in [6.45, 7) is 1.96. The zero-order valence-electron chi connectivity index (χ0n) is 8.50. The van der Waals surface area contributed by atoms with Crippen molar-refractivity contribution in [2.24, 2.45) is 5.73 Å². The number of benzene rings is 1. The molecule has 1 aromatic heterocycles. The maximum absolute atomic E-state index is 5.82. The first-order valence-corrected chi connectivity index (χ1v) is 5.25. The van der Waals surface area contributed by atoms with Crippen LogP contribution in [0, 0.1) is 0 Å². The van der Waals surface area contributed by atoms with E-state index in [1.54, 1.807) is 0 Å². The SMILES string of the molecule is C[C@H](N)c1ccc(-c2ccc(Cl)cc2)[nH]1. The van der Waals surface area contributed by atoms with Crippen LogP contribution in [0.15, 0.2) is 36.4 Å². The topological polar surface area (TPSA) is 41.8 Å². The summed E-state index contributed by atoms with van der Waals surface area (Å²) in [7, 11) is 0. The van der Waals surface area contributed by atoms with Gasteiger partial charge in [0, 0.05) is 22.5 Å². The lowest BCUT2D eigenvalue weighted by Crippen LogP contribution is -2.04. The van der Waals surface area contributed by atoms with Crippen molar-refractivity contribution in [1.29, 1.82) is 0 Å². The second kappa shape index (κ2) is 4.09. The molecule has 15 heavy (non-hydrogen) atoms. The standard InChI is InChI=1S/C12H13ClN2/c1-8(14)11-6-7-12(15-11)9-2-4-10(13)5-3-9/h2-8,15H,14H2,1H3/t8-/m0/s1. The van der Waals surface area contributed by atoms with Crippen molar-refractivity contribution >= 4 is 11.6 Å². The van der Waals surface area contributed by atoms with Crippen LogP contribution in [0.1, 0.15) is 18.7 Å². The highest BCUT2D eigenvalue weighted by Crippen LogP contribution is 2.22. The Hall–Kier alpha value is -1.25. The first kappa shape index (κ1) is 10.3. The largest absolute Gasteiger partial charge is 0.357 e. The quantitative estimate of drug-likeness (QED) is 0.801. The molecule has 0 bridgehead atoms. The van der Waals surface area contributed by atoms with Crippen molar-refractivity contribution < 1.29 is 0 Å². The lowest BCUT2D eigenvalue weighted by molar-refractivity contribution is 0.790. The summed E-state index contributed by atoms with van der Waals surface area (Å²) < 4.78 is 0. The second-order valence-electron chi connectivity index (χ2n) is 3.62. The summed E-state index contributed by atoms with van der Waals surface area (Å²) in [4.78, 5) is 3.28. The summed E-state index contributed by atoms with van der Waals surface area (Å²) in [6.07, 6.45) is 0. The molecule has 3 heteroatoms. The lowest BCUT2D eigenvalue weighted by atomic mass is 10.2. The average molecular weight is 221 g/mol. The van der Waals surface area contributed by atoms with Gasteiger partial charge in [0.05, 0.1) is 0 Å². The Kier molecular flexibility index (Phi) is 2.80. The van der Waals surface area contributed by atoms with E-state index < -0.39 is 0 Å². The normalized spacial score (nSPS) is 12.7. The van der Waals surface area contributed by atoms with Gasteiger partial charge in [-0.1, -0.05) is 23.7 Å². The highest BCUT2D eigenvalue weighted by atomic mass is 35.5. The van der Waals surface area contributed by atoms with Gasteiger partial charge in [0.2, 0.25) is 0 Å². The molecule has 1 aromatic carbocycles. The summed E-state index contributed by atoms with van der Waals surface area (Å²) in [5.41, 5.74) is 9.00. The van der Waals surface area contributed by atoms with Crippen LogP contribution in [0.4, 0.5) is 0 Å². The highest BCUT2D eigenvalue weighted by molar-refractivity contribution is 6.30. The predicted molar refractivity (Wildman–Crippen MR) is 63.8 cm³/mol. The van der Waals surface area contributed by atoms with Crippen molar-refractivity contribution in [3.8, 4) is 11.3 Å². The number of aromatic nitrogens is 1.